The molecule has 2 N–H and O–H groups in total. The van der Waals surface area contributed by atoms with Gasteiger partial charge in [-0.2, -0.15) is 0 Å². The Morgan fingerprint density at radius 3 is 2.48 bits per heavy atom. The lowest BCUT2D eigenvalue weighted by molar-refractivity contribution is 0.122. The van der Waals surface area contributed by atoms with Crippen molar-refractivity contribution in [2.24, 2.45) is 4.99 Å². The minimum atomic E-state index is 0. The molecule has 0 unspecified atom stereocenters. The van der Waals surface area contributed by atoms with E-state index in [0.717, 1.165) is 60.7 Å². The first-order valence-electron chi connectivity index (χ1n) is 9.42. The molecule has 0 saturated carbocycles. The third-order valence-electron chi connectivity index (χ3n) is 4.72. The molecule has 0 bridgehead atoms. The maximum absolute atomic E-state index is 5.42. The highest BCUT2D eigenvalue weighted by atomic mass is 127. The summed E-state index contributed by atoms with van der Waals surface area (Å²) in [5, 5.41) is 6.63. The average molecular weight is 511 g/mol. The molecule has 1 aromatic carbocycles. The fraction of sp³-hybridized carbons (Fsp3) is 0.400. The molecule has 0 aliphatic carbocycles. The van der Waals surface area contributed by atoms with Crippen LogP contribution >= 0.6 is 24.0 Å². The quantitative estimate of drug-likeness (QED) is 0.362. The molecule has 3 heterocycles. The normalized spacial score (nSPS) is 15.6. The number of nitrogens with zero attached hydrogens (tertiary/aromatic N) is 3. The molecule has 8 nitrogen and oxygen atoms in total. The monoisotopic (exact) mass is 511 g/mol. The largest absolute Gasteiger partial charge is 0.454 e. The molecule has 0 spiro atoms. The van der Waals surface area contributed by atoms with Gasteiger partial charge in [0, 0.05) is 39.4 Å². The number of hydrogen-bond acceptors (Lipinski definition) is 6. The highest BCUT2D eigenvalue weighted by Crippen LogP contribution is 2.32. The maximum atomic E-state index is 5.42. The van der Waals surface area contributed by atoms with Crippen LogP contribution in [0.25, 0.3) is 0 Å². The van der Waals surface area contributed by atoms with E-state index in [2.05, 4.69) is 37.6 Å². The molecule has 29 heavy (non-hydrogen) atoms. The number of aliphatic imine (C=N–C) groups is 1. The Hall–Kier alpha value is -2.27. The van der Waals surface area contributed by atoms with Crippen molar-refractivity contribution in [3.05, 3.63) is 47.7 Å². The summed E-state index contributed by atoms with van der Waals surface area (Å²) in [5.74, 6) is 3.31. The molecule has 0 atom stereocenters. The first-order valence-corrected chi connectivity index (χ1v) is 9.42. The summed E-state index contributed by atoms with van der Waals surface area (Å²) in [7, 11) is 1.76. The number of hydrogen-bond donors (Lipinski definition) is 2. The van der Waals surface area contributed by atoms with Crippen molar-refractivity contribution >= 4 is 35.8 Å². The van der Waals surface area contributed by atoms with Gasteiger partial charge in [0.2, 0.25) is 6.79 Å². The number of benzene rings is 1. The summed E-state index contributed by atoms with van der Waals surface area (Å²) in [6, 6.07) is 10.1. The van der Waals surface area contributed by atoms with Gasteiger partial charge < -0.3 is 29.7 Å². The minimum absolute atomic E-state index is 0. The fourth-order valence-corrected chi connectivity index (χ4v) is 3.14. The first kappa shape index (κ1) is 21.4. The molecule has 156 valence electrons. The summed E-state index contributed by atoms with van der Waals surface area (Å²) in [5.41, 5.74) is 2.20. The van der Waals surface area contributed by atoms with E-state index in [4.69, 9.17) is 14.2 Å². The lowest BCUT2D eigenvalue weighted by atomic mass is 10.2. The second kappa shape index (κ2) is 10.5. The Balaban J connectivity index is 0.00000240. The Morgan fingerprint density at radius 1 is 1.03 bits per heavy atom. The standard InChI is InChI=1S/C20H25N5O3.HI/c1-21-20(23-11-15-2-4-17-18(10-15)28-14-27-17)24-13-16-3-5-19(22-12-16)25-6-8-26-9-7-25;/h2-5,10,12H,6-9,11,13-14H2,1H3,(H2,21,23,24);1H. The summed E-state index contributed by atoms with van der Waals surface area (Å²) in [6.07, 6.45) is 1.91. The summed E-state index contributed by atoms with van der Waals surface area (Å²) in [6.45, 7) is 4.88. The molecule has 2 aromatic rings. The minimum Gasteiger partial charge on any atom is -0.454 e. The number of nitrogens with one attached hydrogen (secondary N) is 2. The van der Waals surface area contributed by atoms with Crippen LogP contribution in [-0.4, -0.2) is 51.1 Å². The highest BCUT2D eigenvalue weighted by molar-refractivity contribution is 14.0. The van der Waals surface area contributed by atoms with E-state index in [-0.39, 0.29) is 30.8 Å². The Bertz CT molecular complexity index is 825. The molecule has 1 saturated heterocycles. The third-order valence-corrected chi connectivity index (χ3v) is 4.72. The van der Waals surface area contributed by atoms with Crippen molar-refractivity contribution in [2.75, 3.05) is 45.0 Å². The highest BCUT2D eigenvalue weighted by Gasteiger charge is 2.14. The second-order valence-electron chi connectivity index (χ2n) is 6.59. The van der Waals surface area contributed by atoms with Crippen molar-refractivity contribution in [3.8, 4) is 11.5 Å². The van der Waals surface area contributed by atoms with E-state index in [1.165, 1.54) is 0 Å². The molecule has 0 radical (unpaired) electrons. The summed E-state index contributed by atoms with van der Waals surface area (Å²) in [4.78, 5) is 11.1. The number of halogens is 1. The zero-order chi connectivity index (χ0) is 19.2. The smallest absolute Gasteiger partial charge is 0.231 e. The van der Waals surface area contributed by atoms with Gasteiger partial charge in [-0.1, -0.05) is 12.1 Å². The van der Waals surface area contributed by atoms with Crippen LogP contribution in [0.1, 0.15) is 11.1 Å². The van der Waals surface area contributed by atoms with Crippen molar-refractivity contribution in [2.45, 2.75) is 13.1 Å². The summed E-state index contributed by atoms with van der Waals surface area (Å²) >= 11 is 0. The molecule has 2 aliphatic heterocycles. The van der Waals surface area contributed by atoms with Crippen molar-refractivity contribution < 1.29 is 14.2 Å². The number of pyridine rings is 1. The fourth-order valence-electron chi connectivity index (χ4n) is 3.14. The van der Waals surface area contributed by atoms with Crippen molar-refractivity contribution in [3.63, 3.8) is 0 Å². The zero-order valence-corrected chi connectivity index (χ0v) is 18.7. The molecule has 1 fully saturated rings. The Labute approximate surface area is 187 Å². The zero-order valence-electron chi connectivity index (χ0n) is 16.4. The maximum Gasteiger partial charge on any atom is 0.231 e. The van der Waals surface area contributed by atoms with E-state index in [1.54, 1.807) is 7.05 Å². The van der Waals surface area contributed by atoms with Crippen LogP contribution < -0.4 is 25.0 Å². The number of aromatic nitrogens is 1. The second-order valence-corrected chi connectivity index (χ2v) is 6.59. The molecule has 2 aliphatic rings. The van der Waals surface area contributed by atoms with Crippen molar-refractivity contribution in [1.29, 1.82) is 0 Å². The first-order chi connectivity index (χ1) is 13.8. The van der Waals surface area contributed by atoms with Gasteiger partial charge in [-0.05, 0) is 29.3 Å². The lowest BCUT2D eigenvalue weighted by Crippen LogP contribution is -2.37. The SMILES string of the molecule is CN=C(NCc1ccc(N2CCOCC2)nc1)NCc1ccc2c(c1)OCO2.I. The van der Waals surface area contributed by atoms with Crippen LogP contribution in [-0.2, 0) is 17.8 Å². The Kier molecular flexibility index (Phi) is 7.76. The van der Waals surface area contributed by atoms with Gasteiger partial charge in [0.1, 0.15) is 5.82 Å². The predicted octanol–water partition coefficient (Wildman–Crippen LogP) is 2.13. The van der Waals surface area contributed by atoms with Gasteiger partial charge in [-0.15, -0.1) is 24.0 Å². The summed E-state index contributed by atoms with van der Waals surface area (Å²) < 4.78 is 16.1. The van der Waals surface area contributed by atoms with E-state index in [9.17, 15) is 0 Å². The molecule has 0 amide bonds. The predicted molar refractivity (Wildman–Crippen MR) is 122 cm³/mol. The van der Waals surface area contributed by atoms with Gasteiger partial charge in [-0.25, -0.2) is 4.98 Å². The number of rotatable bonds is 5. The van der Waals surface area contributed by atoms with E-state index in [1.807, 2.05) is 24.4 Å². The number of guanidine groups is 1. The Morgan fingerprint density at radius 2 is 1.76 bits per heavy atom. The topological polar surface area (TPSA) is 80.2 Å². The lowest BCUT2D eigenvalue weighted by Gasteiger charge is -2.27. The van der Waals surface area contributed by atoms with Gasteiger partial charge in [0.25, 0.3) is 0 Å². The number of anilines is 1. The number of ether oxygens (including phenoxy) is 3. The van der Waals surface area contributed by atoms with Gasteiger partial charge >= 0.3 is 0 Å². The molecular formula is C20H26IN5O3. The van der Waals surface area contributed by atoms with Gasteiger partial charge in [-0.3, -0.25) is 4.99 Å². The van der Waals surface area contributed by atoms with Crippen molar-refractivity contribution in [1.82, 2.24) is 15.6 Å². The van der Waals surface area contributed by atoms with Gasteiger partial charge in [0.05, 0.1) is 13.2 Å². The van der Waals surface area contributed by atoms with E-state index >= 15 is 0 Å². The van der Waals surface area contributed by atoms with Crippen LogP contribution in [0.2, 0.25) is 0 Å². The molecule has 1 aromatic heterocycles. The molecular weight excluding hydrogens is 485 g/mol. The number of fused-ring (bicyclic) bond motifs is 1. The molecule has 4 rings (SSSR count). The van der Waals surface area contributed by atoms with Crippen LogP contribution in [0, 0.1) is 0 Å². The van der Waals surface area contributed by atoms with Crippen LogP contribution in [0.15, 0.2) is 41.5 Å². The van der Waals surface area contributed by atoms with Crippen LogP contribution in [0.5, 0.6) is 11.5 Å². The van der Waals surface area contributed by atoms with Gasteiger partial charge in [0.15, 0.2) is 17.5 Å². The van der Waals surface area contributed by atoms with E-state index < -0.39 is 0 Å². The van der Waals surface area contributed by atoms with Crippen LogP contribution in [0.4, 0.5) is 5.82 Å². The average Bonchev–Trinajstić information content (AvgIpc) is 3.23. The van der Waals surface area contributed by atoms with Crippen LogP contribution in [0.3, 0.4) is 0 Å². The molecule has 9 heteroatoms. The van der Waals surface area contributed by atoms with E-state index in [0.29, 0.717) is 13.1 Å². The number of morpholine rings is 1. The third kappa shape index (κ3) is 5.63.